The van der Waals surface area contributed by atoms with E-state index >= 15 is 0 Å². The second-order valence-corrected chi connectivity index (χ2v) is 6.52. The minimum Gasteiger partial charge on any atom is -0.468 e. The molecule has 2 rings (SSSR count). The lowest BCUT2D eigenvalue weighted by atomic mass is 10.3. The number of H-pyrrole nitrogens is 1. The van der Waals surface area contributed by atoms with E-state index in [1.54, 1.807) is 11.5 Å². The van der Waals surface area contributed by atoms with Crippen molar-refractivity contribution in [3.63, 3.8) is 0 Å². The van der Waals surface area contributed by atoms with Crippen LogP contribution in [0, 0.1) is 0 Å². The van der Waals surface area contributed by atoms with Gasteiger partial charge < -0.3 is 9.30 Å². The number of hydrogen-bond acceptors (Lipinski definition) is 6. The zero-order valence-corrected chi connectivity index (χ0v) is 14.2. The van der Waals surface area contributed by atoms with Crippen LogP contribution in [-0.4, -0.2) is 37.4 Å². The average molecular weight is 338 g/mol. The Balaban J connectivity index is 2.68. The Morgan fingerprint density at radius 1 is 1.48 bits per heavy atom. The molecule has 0 spiro atoms. The summed E-state index contributed by atoms with van der Waals surface area (Å²) in [5.74, 6) is -0.397. The molecule has 2 aromatic rings. The van der Waals surface area contributed by atoms with Gasteiger partial charge in [0.15, 0.2) is 16.3 Å². The summed E-state index contributed by atoms with van der Waals surface area (Å²) in [6, 6.07) is 0. The van der Waals surface area contributed by atoms with E-state index in [1.165, 1.54) is 18.7 Å². The first-order valence-corrected chi connectivity index (χ1v) is 7.72. The van der Waals surface area contributed by atoms with E-state index in [-0.39, 0.29) is 11.2 Å². The molecule has 0 saturated heterocycles. The molecule has 0 amide bonds. The molecule has 0 fully saturated rings. The molecule has 0 radical (unpaired) electrons. The maximum Gasteiger partial charge on any atom is 0.329 e. The molecule has 0 aliphatic rings. The molecule has 23 heavy (non-hydrogen) atoms. The van der Waals surface area contributed by atoms with Crippen molar-refractivity contribution in [1.29, 1.82) is 0 Å². The summed E-state index contributed by atoms with van der Waals surface area (Å²) in [4.78, 5) is 42.2. The van der Waals surface area contributed by atoms with Crippen LogP contribution < -0.4 is 11.2 Å². The van der Waals surface area contributed by atoms with Crippen LogP contribution in [0.3, 0.4) is 0 Å². The van der Waals surface area contributed by atoms with Crippen LogP contribution in [-0.2, 0) is 23.1 Å². The lowest BCUT2D eigenvalue weighted by Gasteiger charge is -2.11. The molecule has 9 heteroatoms. The van der Waals surface area contributed by atoms with Crippen LogP contribution in [0.1, 0.15) is 13.8 Å². The Morgan fingerprint density at radius 2 is 2.13 bits per heavy atom. The third kappa shape index (κ3) is 3.24. The number of methoxy groups -OCH3 is 1. The van der Waals surface area contributed by atoms with Crippen molar-refractivity contribution in [2.75, 3.05) is 7.11 Å². The highest BCUT2D eigenvalue weighted by Gasteiger charge is 2.22. The van der Waals surface area contributed by atoms with Gasteiger partial charge in [-0.2, -0.15) is 0 Å². The van der Waals surface area contributed by atoms with Crippen molar-refractivity contribution in [3.8, 4) is 0 Å². The van der Waals surface area contributed by atoms with Gasteiger partial charge in [-0.1, -0.05) is 23.9 Å². The first-order chi connectivity index (χ1) is 10.8. The highest BCUT2D eigenvalue weighted by Crippen LogP contribution is 2.26. The standard InChI is InChI=1S/C14H18N4O4S/c1-7(2)6-18-9-10(17(4)13(21)16-11(9)19)15-14(18)23-8(3)12(20)22-5/h8H,1,6H2,2-5H3,(H,16,19,21)/t8-/m0/s1. The summed E-state index contributed by atoms with van der Waals surface area (Å²) in [5, 5.41) is -0.0515. The predicted molar refractivity (Wildman–Crippen MR) is 87.7 cm³/mol. The van der Waals surface area contributed by atoms with E-state index in [4.69, 9.17) is 4.74 Å². The second-order valence-electron chi connectivity index (χ2n) is 5.21. The van der Waals surface area contributed by atoms with Gasteiger partial charge in [0.25, 0.3) is 5.56 Å². The summed E-state index contributed by atoms with van der Waals surface area (Å²) in [7, 11) is 2.83. The van der Waals surface area contributed by atoms with Gasteiger partial charge in [0.2, 0.25) is 0 Å². The Labute approximate surface area is 136 Å². The van der Waals surface area contributed by atoms with Crippen LogP contribution in [0.5, 0.6) is 0 Å². The van der Waals surface area contributed by atoms with Gasteiger partial charge in [0, 0.05) is 13.6 Å². The molecule has 0 aliphatic heterocycles. The minimum absolute atomic E-state index is 0.263. The number of ether oxygens (including phenoxy) is 1. The van der Waals surface area contributed by atoms with Crippen LogP contribution >= 0.6 is 11.8 Å². The lowest BCUT2D eigenvalue weighted by molar-refractivity contribution is -0.139. The molecule has 0 aliphatic carbocycles. The zero-order valence-electron chi connectivity index (χ0n) is 13.4. The van der Waals surface area contributed by atoms with Crippen LogP contribution in [0.2, 0.25) is 0 Å². The molecule has 0 unspecified atom stereocenters. The number of allylic oxidation sites excluding steroid dienone is 1. The number of carbonyl (C=O) groups excluding carboxylic acids is 1. The molecular weight excluding hydrogens is 320 g/mol. The first-order valence-electron chi connectivity index (χ1n) is 6.84. The van der Waals surface area contributed by atoms with Crippen molar-refractivity contribution in [2.45, 2.75) is 30.8 Å². The van der Waals surface area contributed by atoms with E-state index in [0.717, 1.165) is 17.3 Å². The molecule has 0 saturated carbocycles. The van der Waals surface area contributed by atoms with Crippen LogP contribution in [0.4, 0.5) is 0 Å². The summed E-state index contributed by atoms with van der Waals surface area (Å²) in [6.07, 6.45) is 0. The summed E-state index contributed by atoms with van der Waals surface area (Å²) >= 11 is 1.16. The van der Waals surface area contributed by atoms with E-state index in [9.17, 15) is 14.4 Å². The highest BCUT2D eigenvalue weighted by molar-refractivity contribution is 8.00. The first kappa shape index (κ1) is 17.1. The third-order valence-corrected chi connectivity index (χ3v) is 4.28. The fraction of sp³-hybridized carbons (Fsp3) is 0.429. The fourth-order valence-corrected chi connectivity index (χ4v) is 3.02. The number of fused-ring (bicyclic) bond motifs is 1. The Morgan fingerprint density at radius 3 is 2.70 bits per heavy atom. The molecule has 8 nitrogen and oxygen atoms in total. The highest BCUT2D eigenvalue weighted by atomic mass is 32.2. The maximum atomic E-state index is 12.2. The van der Waals surface area contributed by atoms with Crippen LogP contribution in [0.25, 0.3) is 11.2 Å². The van der Waals surface area contributed by atoms with Crippen LogP contribution in [0.15, 0.2) is 26.9 Å². The normalized spacial score (nSPS) is 12.3. The lowest BCUT2D eigenvalue weighted by Crippen LogP contribution is -2.29. The number of carbonyl (C=O) groups is 1. The number of thioether (sulfide) groups is 1. The second kappa shape index (κ2) is 6.45. The Hall–Kier alpha value is -2.29. The van der Waals surface area contributed by atoms with Gasteiger partial charge in [0.1, 0.15) is 5.25 Å². The van der Waals surface area contributed by atoms with E-state index < -0.39 is 22.5 Å². The number of hydrogen-bond donors (Lipinski definition) is 1. The predicted octanol–water partition coefficient (Wildman–Crippen LogP) is 0.653. The van der Waals surface area contributed by atoms with Gasteiger partial charge in [-0.25, -0.2) is 9.78 Å². The number of aryl methyl sites for hydroxylation is 1. The summed E-state index contributed by atoms with van der Waals surface area (Å²) < 4.78 is 7.62. The van der Waals surface area contributed by atoms with Crippen molar-refractivity contribution in [3.05, 3.63) is 33.0 Å². The number of aromatic nitrogens is 4. The monoisotopic (exact) mass is 338 g/mol. The van der Waals surface area contributed by atoms with Gasteiger partial charge in [0.05, 0.1) is 7.11 Å². The average Bonchev–Trinajstić information content (AvgIpc) is 2.82. The van der Waals surface area contributed by atoms with Crippen molar-refractivity contribution in [1.82, 2.24) is 19.1 Å². The summed E-state index contributed by atoms with van der Waals surface area (Å²) in [5.41, 5.74) is 0.286. The maximum absolute atomic E-state index is 12.2. The van der Waals surface area contributed by atoms with Gasteiger partial charge in [-0.05, 0) is 13.8 Å². The number of aromatic amines is 1. The zero-order chi connectivity index (χ0) is 17.3. The smallest absolute Gasteiger partial charge is 0.329 e. The Kier molecular flexibility index (Phi) is 4.79. The van der Waals surface area contributed by atoms with Crippen molar-refractivity contribution >= 4 is 28.9 Å². The van der Waals surface area contributed by atoms with E-state index in [1.807, 2.05) is 6.92 Å². The quantitative estimate of drug-likeness (QED) is 0.488. The van der Waals surface area contributed by atoms with Gasteiger partial charge in [-0.15, -0.1) is 0 Å². The largest absolute Gasteiger partial charge is 0.468 e. The molecule has 0 aromatic carbocycles. The molecule has 1 atom stereocenters. The third-order valence-electron chi connectivity index (χ3n) is 3.22. The van der Waals surface area contributed by atoms with E-state index in [0.29, 0.717) is 11.7 Å². The number of rotatable bonds is 5. The van der Waals surface area contributed by atoms with Crippen molar-refractivity contribution < 1.29 is 9.53 Å². The fourth-order valence-electron chi connectivity index (χ4n) is 2.09. The molecule has 2 aromatic heterocycles. The number of imidazole rings is 1. The molecule has 2 heterocycles. The number of nitrogens with one attached hydrogen (secondary N) is 1. The molecule has 124 valence electrons. The van der Waals surface area contributed by atoms with Gasteiger partial charge in [-0.3, -0.25) is 19.1 Å². The Bertz CT molecular complexity index is 893. The van der Waals surface area contributed by atoms with Gasteiger partial charge >= 0.3 is 11.7 Å². The summed E-state index contributed by atoms with van der Waals surface area (Å²) in [6.45, 7) is 7.71. The number of esters is 1. The number of nitrogens with zero attached hydrogens (tertiary/aromatic N) is 3. The topological polar surface area (TPSA) is 99.0 Å². The molecule has 1 N–H and O–H groups in total. The van der Waals surface area contributed by atoms with Crippen molar-refractivity contribution in [2.24, 2.45) is 7.05 Å². The minimum atomic E-state index is -0.542. The van der Waals surface area contributed by atoms with E-state index in [2.05, 4.69) is 16.5 Å². The SMILES string of the molecule is C=C(C)Cn1c(S[C@@H](C)C(=O)OC)nc2c1c(=O)[nH]c(=O)n2C. The molecular formula is C14H18N4O4S. The molecule has 0 bridgehead atoms.